The average molecular weight is 526 g/mol. The van der Waals surface area contributed by atoms with Gasteiger partial charge in [0.1, 0.15) is 0 Å². The lowest BCUT2D eigenvalue weighted by atomic mass is 9.94. The molecule has 6 rings (SSSR count). The van der Waals surface area contributed by atoms with Gasteiger partial charge in [0.25, 0.3) is 5.91 Å². The maximum Gasteiger partial charge on any atom is 0.252 e. The molecular formula is C32H35N3O4. The number of likely N-dealkylation sites (tertiary alicyclic amines) is 1. The Morgan fingerprint density at radius 2 is 1.79 bits per heavy atom. The van der Waals surface area contributed by atoms with Gasteiger partial charge in [0.05, 0.1) is 12.1 Å². The zero-order valence-corrected chi connectivity index (χ0v) is 22.6. The second-order valence-corrected chi connectivity index (χ2v) is 10.9. The molecule has 2 fully saturated rings. The third kappa shape index (κ3) is 4.99. The second-order valence-electron chi connectivity index (χ2n) is 10.9. The summed E-state index contributed by atoms with van der Waals surface area (Å²) in [5, 5.41) is 6.23. The summed E-state index contributed by atoms with van der Waals surface area (Å²) in [7, 11) is 0. The number of benzene rings is 3. The highest BCUT2D eigenvalue weighted by Crippen LogP contribution is 2.51. The Kier molecular flexibility index (Phi) is 6.77. The minimum absolute atomic E-state index is 0.00787. The first kappa shape index (κ1) is 25.4. The van der Waals surface area contributed by atoms with Crippen molar-refractivity contribution < 1.29 is 19.1 Å². The molecule has 2 N–H and O–H groups in total. The van der Waals surface area contributed by atoms with Crippen molar-refractivity contribution in [1.82, 2.24) is 10.2 Å². The lowest BCUT2D eigenvalue weighted by molar-refractivity contribution is -0.118. The quantitative estimate of drug-likeness (QED) is 0.399. The summed E-state index contributed by atoms with van der Waals surface area (Å²) < 4.78 is 10.9. The Balaban J connectivity index is 1.13. The zero-order valence-electron chi connectivity index (χ0n) is 22.6. The first-order chi connectivity index (χ1) is 19.0. The Hall–Kier alpha value is -3.84. The molecule has 1 atom stereocenters. The molecule has 1 saturated heterocycles. The fraction of sp³-hybridized carbons (Fsp3) is 0.375. The van der Waals surface area contributed by atoms with Gasteiger partial charge in [-0.15, -0.1) is 0 Å². The Labute approximate surface area is 229 Å². The van der Waals surface area contributed by atoms with Crippen LogP contribution in [0.1, 0.15) is 60.5 Å². The van der Waals surface area contributed by atoms with Gasteiger partial charge in [0.2, 0.25) is 12.7 Å². The molecule has 0 spiro atoms. The lowest BCUT2D eigenvalue weighted by Gasteiger charge is -2.23. The van der Waals surface area contributed by atoms with Crippen molar-refractivity contribution in [3.63, 3.8) is 0 Å². The summed E-state index contributed by atoms with van der Waals surface area (Å²) in [6.45, 7) is 6.11. The van der Waals surface area contributed by atoms with Crippen molar-refractivity contribution in [2.24, 2.45) is 0 Å². The van der Waals surface area contributed by atoms with Crippen LogP contribution in [0.2, 0.25) is 0 Å². The summed E-state index contributed by atoms with van der Waals surface area (Å²) >= 11 is 0. The van der Waals surface area contributed by atoms with Gasteiger partial charge >= 0.3 is 0 Å². The van der Waals surface area contributed by atoms with Gasteiger partial charge in [-0.25, -0.2) is 0 Å². The molecule has 0 aromatic heterocycles. The number of fused-ring (bicyclic) bond motifs is 1. The van der Waals surface area contributed by atoms with Crippen molar-refractivity contribution in [1.29, 1.82) is 0 Å². The molecule has 39 heavy (non-hydrogen) atoms. The van der Waals surface area contributed by atoms with Crippen LogP contribution in [0, 0.1) is 6.92 Å². The first-order valence-electron chi connectivity index (χ1n) is 13.9. The van der Waals surface area contributed by atoms with E-state index < -0.39 is 5.41 Å². The van der Waals surface area contributed by atoms with E-state index in [1.807, 2.05) is 60.7 Å². The van der Waals surface area contributed by atoms with E-state index in [1.54, 1.807) is 0 Å². The number of carbonyl (C=O) groups excluding carboxylic acids is 2. The summed E-state index contributed by atoms with van der Waals surface area (Å²) in [6.07, 6.45) is 5.12. The number of nitrogens with zero attached hydrogens (tertiary/aromatic N) is 1. The van der Waals surface area contributed by atoms with E-state index in [2.05, 4.69) is 29.4 Å². The van der Waals surface area contributed by atoms with Crippen LogP contribution in [0.4, 0.5) is 5.69 Å². The first-order valence-corrected chi connectivity index (χ1v) is 13.9. The summed E-state index contributed by atoms with van der Waals surface area (Å²) in [4.78, 5) is 28.5. The number of hydrogen-bond acceptors (Lipinski definition) is 5. The predicted molar refractivity (Wildman–Crippen MR) is 151 cm³/mol. The average Bonchev–Trinajstić information content (AvgIpc) is 3.42. The molecule has 2 aliphatic heterocycles. The second kappa shape index (κ2) is 10.4. The highest BCUT2D eigenvalue weighted by molar-refractivity contribution is 6.02. The van der Waals surface area contributed by atoms with Gasteiger partial charge < -0.3 is 20.1 Å². The van der Waals surface area contributed by atoms with Gasteiger partial charge in [0, 0.05) is 23.8 Å². The molecule has 2 amide bonds. The molecular weight excluding hydrogens is 490 g/mol. The number of amides is 2. The minimum atomic E-state index is -0.534. The van der Waals surface area contributed by atoms with Gasteiger partial charge in [-0.3, -0.25) is 14.5 Å². The van der Waals surface area contributed by atoms with Crippen LogP contribution in [0.25, 0.3) is 11.1 Å². The smallest absolute Gasteiger partial charge is 0.252 e. The van der Waals surface area contributed by atoms with E-state index in [4.69, 9.17) is 9.47 Å². The van der Waals surface area contributed by atoms with Crippen LogP contribution >= 0.6 is 0 Å². The number of carbonyl (C=O) groups is 2. The molecule has 3 aromatic carbocycles. The van der Waals surface area contributed by atoms with Crippen LogP contribution in [-0.2, 0) is 10.2 Å². The third-order valence-electron chi connectivity index (χ3n) is 8.48. The maximum absolute atomic E-state index is 13.4. The van der Waals surface area contributed by atoms with Crippen molar-refractivity contribution in [3.8, 4) is 22.6 Å². The van der Waals surface area contributed by atoms with Gasteiger partial charge in [-0.05, 0) is 97.7 Å². The Bertz CT molecular complexity index is 1400. The highest BCUT2D eigenvalue weighted by Gasteiger charge is 2.51. The highest BCUT2D eigenvalue weighted by atomic mass is 16.7. The van der Waals surface area contributed by atoms with E-state index >= 15 is 0 Å². The van der Waals surface area contributed by atoms with Gasteiger partial charge in [-0.2, -0.15) is 0 Å². The maximum atomic E-state index is 13.4. The fourth-order valence-corrected chi connectivity index (χ4v) is 5.87. The monoisotopic (exact) mass is 525 g/mol. The van der Waals surface area contributed by atoms with E-state index in [0.717, 1.165) is 59.5 Å². The van der Waals surface area contributed by atoms with Gasteiger partial charge in [0.15, 0.2) is 11.5 Å². The molecule has 1 saturated carbocycles. The van der Waals surface area contributed by atoms with E-state index in [1.165, 1.54) is 12.8 Å². The van der Waals surface area contributed by atoms with Crippen LogP contribution in [0.5, 0.6) is 11.5 Å². The molecule has 1 aliphatic carbocycles. The number of nitrogens with one attached hydrogen (secondary N) is 2. The molecule has 3 aromatic rings. The summed E-state index contributed by atoms with van der Waals surface area (Å²) in [6, 6.07) is 20.0. The topological polar surface area (TPSA) is 79.9 Å². The summed E-state index contributed by atoms with van der Waals surface area (Å²) in [5.41, 5.74) is 4.95. The summed E-state index contributed by atoms with van der Waals surface area (Å²) in [5.74, 6) is 1.35. The number of hydrogen-bond donors (Lipinski definition) is 2. The molecule has 1 unspecified atom stereocenters. The molecule has 2 heterocycles. The molecule has 0 bridgehead atoms. The van der Waals surface area contributed by atoms with Crippen molar-refractivity contribution in [2.45, 2.75) is 57.4 Å². The Morgan fingerprint density at radius 3 is 2.56 bits per heavy atom. The molecule has 0 radical (unpaired) electrons. The molecule has 202 valence electrons. The molecule has 7 nitrogen and oxygen atoms in total. The van der Waals surface area contributed by atoms with E-state index in [-0.39, 0.29) is 18.6 Å². The van der Waals surface area contributed by atoms with Crippen LogP contribution < -0.4 is 20.1 Å². The number of anilines is 1. The largest absolute Gasteiger partial charge is 0.454 e. The van der Waals surface area contributed by atoms with Crippen LogP contribution in [0.15, 0.2) is 60.7 Å². The van der Waals surface area contributed by atoms with Crippen molar-refractivity contribution >= 4 is 17.5 Å². The number of aryl methyl sites for hydroxylation is 1. The predicted octanol–water partition coefficient (Wildman–Crippen LogP) is 5.62. The third-order valence-corrected chi connectivity index (χ3v) is 8.48. The van der Waals surface area contributed by atoms with Crippen LogP contribution in [-0.4, -0.2) is 42.8 Å². The number of ether oxygens (including phenoxy) is 2. The van der Waals surface area contributed by atoms with Crippen molar-refractivity contribution in [3.05, 3.63) is 77.4 Å². The molecule has 7 heteroatoms. The molecule has 3 aliphatic rings. The van der Waals surface area contributed by atoms with E-state index in [0.29, 0.717) is 24.0 Å². The van der Waals surface area contributed by atoms with Crippen LogP contribution in [0.3, 0.4) is 0 Å². The normalized spacial score (nSPS) is 19.1. The van der Waals surface area contributed by atoms with Gasteiger partial charge in [-0.1, -0.05) is 31.2 Å². The lowest BCUT2D eigenvalue weighted by Crippen LogP contribution is -2.40. The fourth-order valence-electron chi connectivity index (χ4n) is 5.87. The SMILES string of the molecule is CCC1CCCN1CNC(=O)c1ccc(-c2cc(NC(=O)C3(c4ccc5c(c4)OCO5)CC3)ccc2C)cc1. The Morgan fingerprint density at radius 1 is 1.00 bits per heavy atom. The van der Waals surface area contributed by atoms with E-state index in [9.17, 15) is 9.59 Å². The zero-order chi connectivity index (χ0) is 27.0. The standard InChI is InChI=1S/C32H35N3O4/c1-3-26-5-4-16-35(26)19-33-30(36)23-9-7-22(8-10-23)27-18-25(12-6-21(27)2)34-31(37)32(14-15-32)24-11-13-28-29(17-24)39-20-38-28/h6-13,17-18,26H,3-5,14-16,19-20H2,1-2H3,(H,33,36)(H,34,37). The minimum Gasteiger partial charge on any atom is -0.454 e. The van der Waals surface area contributed by atoms with Crippen molar-refractivity contribution in [2.75, 3.05) is 25.3 Å². The number of rotatable bonds is 8.